The minimum absolute atomic E-state index is 0.0405. The summed E-state index contributed by atoms with van der Waals surface area (Å²) in [5.74, 6) is -0.163. The third kappa shape index (κ3) is 6.57. The van der Waals surface area contributed by atoms with Gasteiger partial charge in [-0.2, -0.15) is 0 Å². The van der Waals surface area contributed by atoms with Crippen LogP contribution in [0.3, 0.4) is 0 Å². The van der Waals surface area contributed by atoms with Gasteiger partial charge in [-0.05, 0) is 73.4 Å². The van der Waals surface area contributed by atoms with E-state index in [0.717, 1.165) is 40.8 Å². The number of alkyl halides is 1. The van der Waals surface area contributed by atoms with Crippen LogP contribution in [0.4, 0.5) is 21.5 Å². The van der Waals surface area contributed by atoms with E-state index in [0.29, 0.717) is 40.8 Å². The zero-order valence-electron chi connectivity index (χ0n) is 24.8. The lowest BCUT2D eigenvalue weighted by Gasteiger charge is -2.34. The van der Waals surface area contributed by atoms with Crippen molar-refractivity contribution in [3.63, 3.8) is 0 Å². The SMILES string of the molecule is Cc1cc(N2CCC(NC(=O)CF)CC2)cc2[nH]c(-c3c(N(CC(O)c4cccc(Cl)c4)c4ccccc4)cc[nH]c3=O)nc12. The van der Waals surface area contributed by atoms with Gasteiger partial charge in [-0.1, -0.05) is 41.9 Å². The van der Waals surface area contributed by atoms with Crippen molar-refractivity contribution in [2.24, 2.45) is 0 Å². The van der Waals surface area contributed by atoms with Gasteiger partial charge in [0.25, 0.3) is 11.5 Å². The number of benzene rings is 3. The molecule has 1 amide bonds. The van der Waals surface area contributed by atoms with E-state index >= 15 is 0 Å². The fourth-order valence-corrected chi connectivity index (χ4v) is 6.18. The van der Waals surface area contributed by atoms with Crippen LogP contribution in [0.25, 0.3) is 22.4 Å². The Morgan fingerprint density at radius 2 is 1.91 bits per heavy atom. The van der Waals surface area contributed by atoms with Crippen LogP contribution in [-0.4, -0.2) is 58.3 Å². The number of aromatic amines is 2. The number of aliphatic hydroxyl groups excluding tert-OH is 1. The molecule has 1 saturated heterocycles. The number of hydrogen-bond donors (Lipinski definition) is 4. The zero-order chi connectivity index (χ0) is 31.5. The number of nitrogens with zero attached hydrogens (tertiary/aromatic N) is 3. The summed E-state index contributed by atoms with van der Waals surface area (Å²) in [4.78, 5) is 40.2. The molecular formula is C34H34ClFN6O3. The molecule has 0 saturated carbocycles. The third-order valence-electron chi connectivity index (χ3n) is 8.23. The number of halogens is 2. The minimum atomic E-state index is -1.00. The van der Waals surface area contributed by atoms with Gasteiger partial charge in [0, 0.05) is 41.7 Å². The predicted octanol–water partition coefficient (Wildman–Crippen LogP) is 5.81. The van der Waals surface area contributed by atoms with Crippen molar-refractivity contribution in [2.45, 2.75) is 31.9 Å². The van der Waals surface area contributed by atoms with Gasteiger partial charge in [0.2, 0.25) is 0 Å². The fraction of sp³-hybridized carbons (Fsp3) is 0.265. The fourth-order valence-electron chi connectivity index (χ4n) is 5.99. The van der Waals surface area contributed by atoms with E-state index in [9.17, 15) is 19.1 Å². The van der Waals surface area contributed by atoms with Crippen molar-refractivity contribution in [1.29, 1.82) is 0 Å². The van der Waals surface area contributed by atoms with E-state index in [1.807, 2.05) is 60.4 Å². The van der Waals surface area contributed by atoms with Crippen LogP contribution in [0, 0.1) is 6.92 Å². The lowest BCUT2D eigenvalue weighted by molar-refractivity contribution is -0.122. The summed E-state index contributed by atoms with van der Waals surface area (Å²) in [7, 11) is 0. The van der Waals surface area contributed by atoms with Gasteiger partial charge < -0.3 is 30.2 Å². The lowest BCUT2D eigenvalue weighted by atomic mass is 10.0. The third-order valence-corrected chi connectivity index (χ3v) is 8.47. The number of carbonyl (C=O) groups excluding carboxylic acids is 1. The second-order valence-electron chi connectivity index (χ2n) is 11.3. The van der Waals surface area contributed by atoms with Crippen LogP contribution in [-0.2, 0) is 4.79 Å². The summed E-state index contributed by atoms with van der Waals surface area (Å²) in [5, 5.41) is 14.6. The molecular weight excluding hydrogens is 595 g/mol. The number of aromatic nitrogens is 3. The molecule has 0 bridgehead atoms. The lowest BCUT2D eigenvalue weighted by Crippen LogP contribution is -2.45. The molecule has 9 nitrogen and oxygen atoms in total. The normalized spacial score (nSPS) is 14.4. The summed E-state index contributed by atoms with van der Waals surface area (Å²) in [6.45, 7) is 2.57. The minimum Gasteiger partial charge on any atom is -0.387 e. The number of piperidine rings is 1. The van der Waals surface area contributed by atoms with Crippen LogP contribution >= 0.6 is 11.6 Å². The number of aliphatic hydroxyl groups is 1. The number of amides is 1. The molecule has 232 valence electrons. The van der Waals surface area contributed by atoms with Crippen molar-refractivity contribution >= 4 is 45.6 Å². The standard InChI is InChI=1S/C34H34ClFN6O3/c1-21-16-26(41-14-11-24(12-15-41)38-30(44)19-36)18-27-32(21)40-33(39-27)31-28(10-13-37-34(31)45)42(25-8-3-2-4-9-25)20-29(43)22-6-5-7-23(35)17-22/h2-10,13,16-18,24,29,43H,11-12,14-15,19-20H2,1H3,(H,37,45)(H,38,44)(H,39,40). The maximum atomic E-state index is 13.5. The van der Waals surface area contributed by atoms with Crippen LogP contribution in [0.5, 0.6) is 0 Å². The average Bonchev–Trinajstić information content (AvgIpc) is 3.48. The number of anilines is 3. The molecule has 4 N–H and O–H groups in total. The molecule has 1 atom stereocenters. The Bertz CT molecular complexity index is 1870. The molecule has 1 fully saturated rings. The van der Waals surface area contributed by atoms with Crippen LogP contribution in [0.1, 0.15) is 30.1 Å². The molecule has 3 heterocycles. The summed E-state index contributed by atoms with van der Waals surface area (Å²) >= 11 is 6.21. The highest BCUT2D eigenvalue weighted by atomic mass is 35.5. The molecule has 6 rings (SSSR count). The van der Waals surface area contributed by atoms with Crippen molar-refractivity contribution in [2.75, 3.05) is 36.1 Å². The van der Waals surface area contributed by atoms with E-state index in [2.05, 4.69) is 26.3 Å². The topological polar surface area (TPSA) is 117 Å². The van der Waals surface area contributed by atoms with Gasteiger partial charge in [-0.25, -0.2) is 9.37 Å². The smallest absolute Gasteiger partial charge is 0.261 e. The van der Waals surface area contributed by atoms with Gasteiger partial charge in [-0.15, -0.1) is 0 Å². The van der Waals surface area contributed by atoms with Gasteiger partial charge in [-0.3, -0.25) is 9.59 Å². The molecule has 1 unspecified atom stereocenters. The number of aryl methyl sites for hydroxylation is 1. The highest BCUT2D eigenvalue weighted by Crippen LogP contribution is 2.35. The van der Waals surface area contributed by atoms with E-state index < -0.39 is 18.7 Å². The number of hydrogen-bond acceptors (Lipinski definition) is 6. The van der Waals surface area contributed by atoms with Crippen LogP contribution in [0.15, 0.2) is 83.8 Å². The largest absolute Gasteiger partial charge is 0.387 e. The van der Waals surface area contributed by atoms with Gasteiger partial charge in [0.1, 0.15) is 11.4 Å². The Morgan fingerprint density at radius 1 is 1.13 bits per heavy atom. The molecule has 0 spiro atoms. The average molecular weight is 629 g/mol. The van der Waals surface area contributed by atoms with E-state index in [1.165, 1.54) is 0 Å². The molecule has 2 aromatic heterocycles. The molecule has 1 aliphatic rings. The summed E-state index contributed by atoms with van der Waals surface area (Å²) in [6, 6.07) is 22.6. The van der Waals surface area contributed by atoms with Crippen LogP contribution in [0.2, 0.25) is 5.02 Å². The number of carbonyl (C=O) groups is 1. The van der Waals surface area contributed by atoms with E-state index in [1.54, 1.807) is 24.4 Å². The summed E-state index contributed by atoms with van der Waals surface area (Å²) < 4.78 is 12.6. The highest BCUT2D eigenvalue weighted by Gasteiger charge is 2.25. The molecule has 1 aliphatic heterocycles. The maximum absolute atomic E-state index is 13.5. The first-order valence-electron chi connectivity index (χ1n) is 14.9. The molecule has 0 radical (unpaired) electrons. The second-order valence-corrected chi connectivity index (χ2v) is 11.7. The first kappa shape index (κ1) is 30.4. The van der Waals surface area contributed by atoms with Crippen molar-refractivity contribution in [3.8, 4) is 11.4 Å². The number of nitrogens with one attached hydrogen (secondary N) is 3. The Hall–Kier alpha value is -4.67. The number of fused-ring (bicyclic) bond motifs is 1. The summed E-state index contributed by atoms with van der Waals surface area (Å²) in [5.41, 5.74) is 5.56. The molecule has 3 aromatic carbocycles. The predicted molar refractivity (Wildman–Crippen MR) is 176 cm³/mol. The molecule has 0 aliphatic carbocycles. The Balaban J connectivity index is 1.35. The highest BCUT2D eigenvalue weighted by molar-refractivity contribution is 6.30. The Morgan fingerprint density at radius 3 is 2.64 bits per heavy atom. The van der Waals surface area contributed by atoms with Crippen LogP contribution < -0.4 is 20.7 Å². The van der Waals surface area contributed by atoms with Gasteiger partial charge in [0.05, 0.1) is 29.4 Å². The first-order chi connectivity index (χ1) is 21.8. The Kier molecular flexibility index (Phi) is 8.86. The second kappa shape index (κ2) is 13.1. The Labute approximate surface area is 264 Å². The van der Waals surface area contributed by atoms with Crippen molar-refractivity contribution in [1.82, 2.24) is 20.3 Å². The van der Waals surface area contributed by atoms with E-state index in [4.69, 9.17) is 16.6 Å². The molecule has 5 aromatic rings. The monoisotopic (exact) mass is 628 g/mol. The summed E-state index contributed by atoms with van der Waals surface area (Å²) in [6.07, 6.45) is 2.13. The quantitative estimate of drug-likeness (QED) is 0.164. The number of rotatable bonds is 9. The number of H-pyrrole nitrogens is 2. The van der Waals surface area contributed by atoms with Gasteiger partial charge in [0.15, 0.2) is 6.67 Å². The van der Waals surface area contributed by atoms with Crippen molar-refractivity contribution in [3.05, 3.63) is 105 Å². The van der Waals surface area contributed by atoms with E-state index in [-0.39, 0.29) is 18.1 Å². The number of imidazole rings is 1. The molecule has 11 heteroatoms. The number of para-hydroxylation sites is 1. The van der Waals surface area contributed by atoms with Crippen molar-refractivity contribution < 1.29 is 14.3 Å². The maximum Gasteiger partial charge on any atom is 0.261 e. The first-order valence-corrected chi connectivity index (χ1v) is 15.3. The zero-order valence-corrected chi connectivity index (χ0v) is 25.5. The molecule has 45 heavy (non-hydrogen) atoms. The van der Waals surface area contributed by atoms with Gasteiger partial charge >= 0.3 is 0 Å². The number of pyridine rings is 1.